The molecule has 0 aromatic heterocycles. The molecule has 0 spiro atoms. The maximum Gasteiger partial charge on any atom is 0.0252 e. The zero-order valence-corrected chi connectivity index (χ0v) is 10.1. The van der Waals surface area contributed by atoms with Gasteiger partial charge in [0, 0.05) is 18.6 Å². The Kier molecular flexibility index (Phi) is 4.39. The number of hydrogen-bond acceptors (Lipinski definition) is 2. The fourth-order valence-electron chi connectivity index (χ4n) is 2.32. The molecule has 14 heavy (non-hydrogen) atoms. The predicted molar refractivity (Wildman–Crippen MR) is 62.3 cm³/mol. The van der Waals surface area contributed by atoms with Gasteiger partial charge in [0.15, 0.2) is 0 Å². The van der Waals surface area contributed by atoms with Gasteiger partial charge in [0.25, 0.3) is 0 Å². The van der Waals surface area contributed by atoms with E-state index in [4.69, 9.17) is 5.73 Å². The van der Waals surface area contributed by atoms with Gasteiger partial charge in [0.2, 0.25) is 0 Å². The van der Waals surface area contributed by atoms with Gasteiger partial charge in [-0.15, -0.1) is 0 Å². The summed E-state index contributed by atoms with van der Waals surface area (Å²) in [6.45, 7) is 10.2. The molecule has 0 amide bonds. The fraction of sp³-hybridized carbons (Fsp3) is 1.00. The van der Waals surface area contributed by atoms with Crippen molar-refractivity contribution in [3.63, 3.8) is 0 Å². The quantitative estimate of drug-likeness (QED) is 0.734. The lowest BCUT2D eigenvalue weighted by Crippen LogP contribution is -2.46. The second kappa shape index (κ2) is 5.13. The van der Waals surface area contributed by atoms with Crippen molar-refractivity contribution in [3.05, 3.63) is 0 Å². The van der Waals surface area contributed by atoms with Gasteiger partial charge in [0.1, 0.15) is 0 Å². The van der Waals surface area contributed by atoms with Crippen molar-refractivity contribution < 1.29 is 0 Å². The minimum atomic E-state index is 0.0150. The monoisotopic (exact) mass is 198 g/mol. The lowest BCUT2D eigenvalue weighted by atomic mass is 10.00. The molecule has 0 aromatic rings. The summed E-state index contributed by atoms with van der Waals surface area (Å²) in [5.41, 5.74) is 6.19. The largest absolute Gasteiger partial charge is 0.324 e. The summed E-state index contributed by atoms with van der Waals surface area (Å²) in [6, 6.07) is 0. The number of rotatable bonds is 5. The molecular weight excluding hydrogens is 172 g/mol. The molecule has 1 saturated heterocycles. The van der Waals surface area contributed by atoms with Gasteiger partial charge in [-0.25, -0.2) is 0 Å². The molecule has 84 valence electrons. The normalized spacial score (nSPS) is 27.9. The average Bonchev–Trinajstić information content (AvgIpc) is 2.53. The van der Waals surface area contributed by atoms with Gasteiger partial charge in [-0.3, -0.25) is 0 Å². The van der Waals surface area contributed by atoms with Crippen LogP contribution >= 0.6 is 0 Å². The predicted octanol–water partition coefficient (Wildman–Crippen LogP) is 2.24. The Morgan fingerprint density at radius 3 is 2.71 bits per heavy atom. The molecule has 0 bridgehead atoms. The van der Waals surface area contributed by atoms with Crippen molar-refractivity contribution in [1.29, 1.82) is 0 Å². The highest BCUT2D eigenvalue weighted by molar-refractivity contribution is 4.85. The van der Waals surface area contributed by atoms with E-state index < -0.39 is 0 Å². The zero-order valence-electron chi connectivity index (χ0n) is 10.1. The van der Waals surface area contributed by atoms with Crippen LogP contribution < -0.4 is 5.73 Å². The highest BCUT2D eigenvalue weighted by Gasteiger charge is 2.26. The molecule has 0 radical (unpaired) electrons. The molecule has 1 fully saturated rings. The summed E-state index contributed by atoms with van der Waals surface area (Å²) in [6.07, 6.45) is 5.17. The minimum Gasteiger partial charge on any atom is -0.324 e. The highest BCUT2D eigenvalue weighted by atomic mass is 15.2. The molecular formula is C12H26N2. The maximum absolute atomic E-state index is 6.17. The third kappa shape index (κ3) is 3.58. The van der Waals surface area contributed by atoms with Crippen LogP contribution in [0.5, 0.6) is 0 Å². The molecule has 2 unspecified atom stereocenters. The van der Waals surface area contributed by atoms with Crippen molar-refractivity contribution in [3.8, 4) is 0 Å². The lowest BCUT2D eigenvalue weighted by Gasteiger charge is -2.29. The second-order valence-corrected chi connectivity index (χ2v) is 5.19. The first kappa shape index (κ1) is 12.0. The molecule has 2 nitrogen and oxygen atoms in total. The van der Waals surface area contributed by atoms with Crippen LogP contribution in [0.25, 0.3) is 0 Å². The van der Waals surface area contributed by atoms with E-state index in [1.807, 2.05) is 0 Å². The van der Waals surface area contributed by atoms with E-state index in [2.05, 4.69) is 25.7 Å². The summed E-state index contributed by atoms with van der Waals surface area (Å²) < 4.78 is 0. The Morgan fingerprint density at radius 1 is 1.43 bits per heavy atom. The van der Waals surface area contributed by atoms with Crippen molar-refractivity contribution in [2.75, 3.05) is 19.6 Å². The van der Waals surface area contributed by atoms with Crippen LogP contribution in [0.15, 0.2) is 0 Å². The smallest absolute Gasteiger partial charge is 0.0252 e. The minimum absolute atomic E-state index is 0.0150. The summed E-state index contributed by atoms with van der Waals surface area (Å²) in [5, 5.41) is 0. The third-order valence-electron chi connectivity index (χ3n) is 3.46. The summed E-state index contributed by atoms with van der Waals surface area (Å²) in [4.78, 5) is 2.55. The van der Waals surface area contributed by atoms with Gasteiger partial charge < -0.3 is 10.6 Å². The SMILES string of the molecule is CCCC1CCN(CC(C)(N)CC)C1. The molecule has 1 rings (SSSR count). The first-order valence-electron chi connectivity index (χ1n) is 6.08. The van der Waals surface area contributed by atoms with Gasteiger partial charge in [-0.1, -0.05) is 20.3 Å². The third-order valence-corrected chi connectivity index (χ3v) is 3.46. The fourth-order valence-corrected chi connectivity index (χ4v) is 2.32. The van der Waals surface area contributed by atoms with Crippen LogP contribution in [0.3, 0.4) is 0 Å². The van der Waals surface area contributed by atoms with Gasteiger partial charge in [-0.05, 0) is 38.6 Å². The Hall–Kier alpha value is -0.0800. The number of nitrogens with zero attached hydrogens (tertiary/aromatic N) is 1. The van der Waals surface area contributed by atoms with E-state index in [1.165, 1.54) is 32.4 Å². The zero-order chi connectivity index (χ0) is 10.6. The Morgan fingerprint density at radius 2 is 2.14 bits per heavy atom. The summed E-state index contributed by atoms with van der Waals surface area (Å²) in [7, 11) is 0. The van der Waals surface area contributed by atoms with Crippen LogP contribution in [-0.2, 0) is 0 Å². The van der Waals surface area contributed by atoms with Crippen molar-refractivity contribution in [1.82, 2.24) is 4.90 Å². The van der Waals surface area contributed by atoms with Gasteiger partial charge in [0.05, 0.1) is 0 Å². The first-order chi connectivity index (χ1) is 6.57. The summed E-state index contributed by atoms with van der Waals surface area (Å²) >= 11 is 0. The first-order valence-corrected chi connectivity index (χ1v) is 6.08. The molecule has 1 aliphatic rings. The molecule has 0 aliphatic carbocycles. The summed E-state index contributed by atoms with van der Waals surface area (Å²) in [5.74, 6) is 0.938. The van der Waals surface area contributed by atoms with Crippen molar-refractivity contribution in [2.24, 2.45) is 11.7 Å². The van der Waals surface area contributed by atoms with Gasteiger partial charge in [-0.2, -0.15) is 0 Å². The molecule has 1 heterocycles. The van der Waals surface area contributed by atoms with E-state index in [0.29, 0.717) is 0 Å². The Labute approximate surface area is 88.8 Å². The van der Waals surface area contributed by atoms with Gasteiger partial charge >= 0.3 is 0 Å². The van der Waals surface area contributed by atoms with Crippen LogP contribution in [0, 0.1) is 5.92 Å². The van der Waals surface area contributed by atoms with E-state index in [-0.39, 0.29) is 5.54 Å². The van der Waals surface area contributed by atoms with E-state index in [9.17, 15) is 0 Å². The average molecular weight is 198 g/mol. The Balaban J connectivity index is 2.28. The topological polar surface area (TPSA) is 29.3 Å². The number of likely N-dealkylation sites (tertiary alicyclic amines) is 1. The standard InChI is InChI=1S/C12H26N2/c1-4-6-11-7-8-14(9-11)10-12(3,13)5-2/h11H,4-10,13H2,1-3H3. The molecule has 2 heteroatoms. The molecule has 2 atom stereocenters. The van der Waals surface area contributed by atoms with Crippen LogP contribution in [-0.4, -0.2) is 30.1 Å². The lowest BCUT2D eigenvalue weighted by molar-refractivity contribution is 0.245. The number of hydrogen-bond donors (Lipinski definition) is 1. The molecule has 0 saturated carbocycles. The molecule has 0 aromatic carbocycles. The molecule has 1 aliphatic heterocycles. The number of nitrogens with two attached hydrogens (primary N) is 1. The maximum atomic E-state index is 6.17. The van der Waals surface area contributed by atoms with Crippen molar-refractivity contribution >= 4 is 0 Å². The van der Waals surface area contributed by atoms with E-state index in [0.717, 1.165) is 18.9 Å². The molecule has 2 N–H and O–H groups in total. The van der Waals surface area contributed by atoms with Crippen LogP contribution in [0.1, 0.15) is 46.5 Å². The van der Waals surface area contributed by atoms with Crippen LogP contribution in [0.2, 0.25) is 0 Å². The van der Waals surface area contributed by atoms with E-state index >= 15 is 0 Å². The highest BCUT2D eigenvalue weighted by Crippen LogP contribution is 2.22. The second-order valence-electron chi connectivity index (χ2n) is 5.19. The van der Waals surface area contributed by atoms with Crippen LogP contribution in [0.4, 0.5) is 0 Å². The van der Waals surface area contributed by atoms with Crippen molar-refractivity contribution in [2.45, 2.75) is 52.0 Å². The Bertz CT molecular complexity index is 166. The van der Waals surface area contributed by atoms with E-state index in [1.54, 1.807) is 0 Å².